The summed E-state index contributed by atoms with van der Waals surface area (Å²) in [6, 6.07) is 8.46. The zero-order valence-electron chi connectivity index (χ0n) is 11.3. The molecule has 0 aliphatic carbocycles. The zero-order valence-corrected chi connectivity index (χ0v) is 11.3. The summed E-state index contributed by atoms with van der Waals surface area (Å²) in [5.74, 6) is -1.14. The normalized spacial score (nSPS) is 21.9. The van der Waals surface area contributed by atoms with E-state index in [9.17, 15) is 14.4 Å². The van der Waals surface area contributed by atoms with E-state index >= 15 is 0 Å². The van der Waals surface area contributed by atoms with Gasteiger partial charge < -0.3 is 11.1 Å². The van der Waals surface area contributed by atoms with Gasteiger partial charge in [-0.05, 0) is 12.0 Å². The molecule has 1 aliphatic rings. The lowest BCUT2D eigenvalue weighted by atomic mass is 9.85. The number of carbonyl (C=O) groups is 3. The molecule has 106 valence electrons. The Labute approximate surface area is 116 Å². The van der Waals surface area contributed by atoms with Crippen LogP contribution in [0.2, 0.25) is 0 Å². The van der Waals surface area contributed by atoms with Crippen molar-refractivity contribution in [3.63, 3.8) is 0 Å². The number of nitrogens with two attached hydrogens (primary N) is 1. The predicted octanol–water partition coefficient (Wildman–Crippen LogP) is 0.719. The Morgan fingerprint density at radius 2 is 1.95 bits per heavy atom. The van der Waals surface area contributed by atoms with Crippen LogP contribution in [0.4, 0.5) is 4.79 Å². The Balaban J connectivity index is 2.42. The first-order valence-corrected chi connectivity index (χ1v) is 6.49. The maximum absolute atomic E-state index is 12.6. The zero-order chi connectivity index (χ0) is 14.8. The van der Waals surface area contributed by atoms with E-state index in [1.807, 2.05) is 25.1 Å². The lowest BCUT2D eigenvalue weighted by molar-refractivity contribution is -0.134. The highest BCUT2D eigenvalue weighted by Gasteiger charge is 2.51. The van der Waals surface area contributed by atoms with Crippen LogP contribution in [0.3, 0.4) is 0 Å². The molecule has 0 saturated carbocycles. The number of carbonyl (C=O) groups excluding carboxylic acids is 3. The van der Waals surface area contributed by atoms with Crippen LogP contribution < -0.4 is 11.1 Å². The molecule has 1 saturated heterocycles. The third-order valence-corrected chi connectivity index (χ3v) is 3.38. The van der Waals surface area contributed by atoms with Crippen LogP contribution in [0.5, 0.6) is 0 Å². The van der Waals surface area contributed by atoms with Crippen molar-refractivity contribution in [1.29, 1.82) is 0 Å². The van der Waals surface area contributed by atoms with Crippen LogP contribution in [-0.2, 0) is 15.1 Å². The first-order valence-electron chi connectivity index (χ1n) is 6.49. The second kappa shape index (κ2) is 5.32. The van der Waals surface area contributed by atoms with Gasteiger partial charge in [0.1, 0.15) is 12.1 Å². The lowest BCUT2D eigenvalue weighted by Crippen LogP contribution is -2.44. The quantitative estimate of drug-likeness (QED) is 0.775. The van der Waals surface area contributed by atoms with E-state index in [1.54, 1.807) is 12.1 Å². The lowest BCUT2D eigenvalue weighted by Gasteiger charge is -2.26. The van der Waals surface area contributed by atoms with Gasteiger partial charge in [-0.3, -0.25) is 14.5 Å². The van der Waals surface area contributed by atoms with E-state index in [0.29, 0.717) is 18.4 Å². The molecular formula is C14H17N3O3. The highest BCUT2D eigenvalue weighted by atomic mass is 16.2. The molecule has 0 spiro atoms. The van der Waals surface area contributed by atoms with Gasteiger partial charge >= 0.3 is 6.03 Å². The predicted molar refractivity (Wildman–Crippen MR) is 72.5 cm³/mol. The molecule has 1 atom stereocenters. The monoisotopic (exact) mass is 275 g/mol. The molecule has 6 nitrogen and oxygen atoms in total. The summed E-state index contributed by atoms with van der Waals surface area (Å²) < 4.78 is 0. The standard InChI is InChI=1S/C14H17N3O3/c1-2-8-14(10-6-4-3-5-7-10)12(19)17(9-11(15)18)13(20)16-14/h3-7H,2,8-9H2,1H3,(H2,15,18)(H,16,20)/t14-/m0/s1. The van der Waals surface area contributed by atoms with Gasteiger partial charge in [-0.1, -0.05) is 43.7 Å². The van der Waals surface area contributed by atoms with Crippen LogP contribution in [0.25, 0.3) is 0 Å². The SMILES string of the molecule is CCC[C@@]1(c2ccccc2)NC(=O)N(CC(N)=O)C1=O. The highest BCUT2D eigenvalue weighted by molar-refractivity contribution is 6.09. The van der Waals surface area contributed by atoms with E-state index in [2.05, 4.69) is 5.32 Å². The van der Waals surface area contributed by atoms with Gasteiger partial charge in [0.15, 0.2) is 0 Å². The Bertz CT molecular complexity index is 544. The minimum atomic E-state index is -1.09. The van der Waals surface area contributed by atoms with Crippen LogP contribution in [0.15, 0.2) is 30.3 Å². The van der Waals surface area contributed by atoms with Crippen LogP contribution in [0, 0.1) is 0 Å². The minimum Gasteiger partial charge on any atom is -0.368 e. The molecule has 2 rings (SSSR count). The summed E-state index contributed by atoms with van der Waals surface area (Å²) in [7, 11) is 0. The molecule has 0 bridgehead atoms. The Hall–Kier alpha value is -2.37. The fraction of sp³-hybridized carbons (Fsp3) is 0.357. The maximum Gasteiger partial charge on any atom is 0.325 e. The summed E-state index contributed by atoms with van der Waals surface area (Å²) in [5, 5.41) is 2.72. The molecule has 0 aromatic heterocycles. The number of nitrogens with zero attached hydrogens (tertiary/aromatic N) is 1. The molecule has 4 amide bonds. The van der Waals surface area contributed by atoms with E-state index in [0.717, 1.165) is 4.90 Å². The van der Waals surface area contributed by atoms with Crippen molar-refractivity contribution in [2.45, 2.75) is 25.3 Å². The average Bonchev–Trinajstić information content (AvgIpc) is 2.65. The number of imide groups is 1. The number of hydrogen-bond donors (Lipinski definition) is 2. The molecule has 6 heteroatoms. The van der Waals surface area contributed by atoms with Crippen LogP contribution >= 0.6 is 0 Å². The molecule has 20 heavy (non-hydrogen) atoms. The molecule has 0 unspecified atom stereocenters. The Morgan fingerprint density at radius 3 is 2.50 bits per heavy atom. The van der Waals surface area contributed by atoms with Crippen LogP contribution in [0.1, 0.15) is 25.3 Å². The largest absolute Gasteiger partial charge is 0.368 e. The van der Waals surface area contributed by atoms with Crippen LogP contribution in [-0.4, -0.2) is 29.3 Å². The van der Waals surface area contributed by atoms with Crippen molar-refractivity contribution in [2.24, 2.45) is 5.73 Å². The molecule has 1 aromatic rings. The molecule has 1 aromatic carbocycles. The first kappa shape index (κ1) is 14.0. The molecular weight excluding hydrogens is 258 g/mol. The average molecular weight is 275 g/mol. The topological polar surface area (TPSA) is 92.5 Å². The number of primary amides is 1. The second-order valence-electron chi connectivity index (χ2n) is 4.81. The minimum absolute atomic E-state index is 0.400. The van der Waals surface area contributed by atoms with Gasteiger partial charge in [-0.15, -0.1) is 0 Å². The van der Waals surface area contributed by atoms with E-state index in [-0.39, 0.29) is 0 Å². The number of rotatable bonds is 5. The second-order valence-corrected chi connectivity index (χ2v) is 4.81. The van der Waals surface area contributed by atoms with Crippen molar-refractivity contribution in [3.05, 3.63) is 35.9 Å². The van der Waals surface area contributed by atoms with E-state index in [1.165, 1.54) is 0 Å². The molecule has 3 N–H and O–H groups in total. The molecule has 0 radical (unpaired) electrons. The third kappa shape index (κ3) is 2.24. The summed E-state index contributed by atoms with van der Waals surface area (Å²) in [4.78, 5) is 36.4. The van der Waals surface area contributed by atoms with Gasteiger partial charge in [-0.2, -0.15) is 0 Å². The van der Waals surface area contributed by atoms with Gasteiger partial charge in [-0.25, -0.2) is 4.79 Å². The van der Waals surface area contributed by atoms with E-state index < -0.39 is 29.9 Å². The first-order chi connectivity index (χ1) is 9.51. The number of nitrogens with one attached hydrogen (secondary N) is 1. The van der Waals surface area contributed by atoms with Crippen molar-refractivity contribution in [3.8, 4) is 0 Å². The fourth-order valence-electron chi connectivity index (χ4n) is 2.53. The number of benzene rings is 1. The smallest absolute Gasteiger partial charge is 0.325 e. The Kier molecular flexibility index (Phi) is 3.74. The molecule has 1 heterocycles. The van der Waals surface area contributed by atoms with Crippen molar-refractivity contribution >= 4 is 17.8 Å². The van der Waals surface area contributed by atoms with Crippen molar-refractivity contribution < 1.29 is 14.4 Å². The fourth-order valence-corrected chi connectivity index (χ4v) is 2.53. The summed E-state index contributed by atoms with van der Waals surface area (Å²) >= 11 is 0. The summed E-state index contributed by atoms with van der Waals surface area (Å²) in [6.07, 6.45) is 1.18. The van der Waals surface area contributed by atoms with Crippen molar-refractivity contribution in [1.82, 2.24) is 10.2 Å². The summed E-state index contributed by atoms with van der Waals surface area (Å²) in [5.41, 5.74) is 4.71. The van der Waals surface area contributed by atoms with Gasteiger partial charge in [0.05, 0.1) is 0 Å². The van der Waals surface area contributed by atoms with Gasteiger partial charge in [0, 0.05) is 0 Å². The number of amides is 4. The van der Waals surface area contributed by atoms with Gasteiger partial charge in [0.2, 0.25) is 5.91 Å². The number of hydrogen-bond acceptors (Lipinski definition) is 3. The molecule has 1 aliphatic heterocycles. The number of urea groups is 1. The molecule has 1 fully saturated rings. The maximum atomic E-state index is 12.6. The highest BCUT2D eigenvalue weighted by Crippen LogP contribution is 2.33. The third-order valence-electron chi connectivity index (χ3n) is 3.38. The Morgan fingerprint density at radius 1 is 1.30 bits per heavy atom. The van der Waals surface area contributed by atoms with Gasteiger partial charge in [0.25, 0.3) is 5.91 Å². The summed E-state index contributed by atoms with van der Waals surface area (Å²) in [6.45, 7) is 1.53. The van der Waals surface area contributed by atoms with Crippen molar-refractivity contribution in [2.75, 3.05) is 6.54 Å². The van der Waals surface area contributed by atoms with E-state index in [4.69, 9.17) is 5.73 Å².